The first-order valence-corrected chi connectivity index (χ1v) is 13.8. The van der Waals surface area contributed by atoms with Gasteiger partial charge in [-0.2, -0.15) is 4.68 Å². The van der Waals surface area contributed by atoms with E-state index in [1.807, 2.05) is 24.3 Å². The Bertz CT molecular complexity index is 780. The second-order valence-electron chi connectivity index (χ2n) is 9.49. The Kier molecular flexibility index (Phi) is 15.3. The van der Waals surface area contributed by atoms with E-state index in [1.54, 1.807) is 0 Å². The van der Waals surface area contributed by atoms with E-state index in [2.05, 4.69) is 29.4 Å². The van der Waals surface area contributed by atoms with E-state index in [1.165, 1.54) is 107 Å². The van der Waals surface area contributed by atoms with Gasteiger partial charge in [0.1, 0.15) is 5.52 Å². The van der Waals surface area contributed by atoms with E-state index in [0.29, 0.717) is 6.42 Å². The maximum atomic E-state index is 12.4. The van der Waals surface area contributed by atoms with Crippen LogP contribution in [0.3, 0.4) is 0 Å². The number of rotatable bonds is 20. The molecule has 0 aliphatic carbocycles. The van der Waals surface area contributed by atoms with E-state index in [4.69, 9.17) is 0 Å². The number of para-hydroxylation sites is 1. The number of nitrogens with zero attached hydrogens (tertiary/aromatic N) is 3. The van der Waals surface area contributed by atoms with Gasteiger partial charge in [0.05, 0.1) is 5.52 Å². The molecule has 2 rings (SSSR count). The normalized spacial score (nSPS) is 11.7. The molecule has 184 valence electrons. The smallest absolute Gasteiger partial charge is 0.248 e. The number of aromatic nitrogens is 3. The van der Waals surface area contributed by atoms with Gasteiger partial charge < -0.3 is 0 Å². The third-order valence-electron chi connectivity index (χ3n) is 6.49. The highest BCUT2D eigenvalue weighted by atomic mass is 16.2. The van der Waals surface area contributed by atoms with Crippen molar-refractivity contribution in [2.75, 3.05) is 0 Å². The quantitative estimate of drug-likeness (QED) is 0.148. The lowest BCUT2D eigenvalue weighted by atomic mass is 10.1. The van der Waals surface area contributed by atoms with Crippen molar-refractivity contribution < 1.29 is 4.79 Å². The predicted molar refractivity (Wildman–Crippen MR) is 141 cm³/mol. The number of fused-ring (bicyclic) bond motifs is 1. The van der Waals surface area contributed by atoms with Gasteiger partial charge in [-0.15, -0.1) is 5.10 Å². The number of benzene rings is 1. The second-order valence-corrected chi connectivity index (χ2v) is 9.49. The van der Waals surface area contributed by atoms with Gasteiger partial charge in [-0.1, -0.05) is 120 Å². The van der Waals surface area contributed by atoms with Crippen molar-refractivity contribution in [3.05, 3.63) is 36.4 Å². The third-order valence-corrected chi connectivity index (χ3v) is 6.49. The van der Waals surface area contributed by atoms with Gasteiger partial charge in [0.25, 0.3) is 0 Å². The second kappa shape index (κ2) is 18.5. The van der Waals surface area contributed by atoms with Crippen LogP contribution in [0.1, 0.15) is 134 Å². The van der Waals surface area contributed by atoms with E-state index in [-0.39, 0.29) is 5.91 Å². The van der Waals surface area contributed by atoms with Crippen molar-refractivity contribution in [1.29, 1.82) is 0 Å². The summed E-state index contributed by atoms with van der Waals surface area (Å²) in [5.41, 5.74) is 1.59. The molecule has 2 aromatic rings. The van der Waals surface area contributed by atoms with Crippen LogP contribution < -0.4 is 0 Å². The van der Waals surface area contributed by atoms with Crippen molar-refractivity contribution in [1.82, 2.24) is 15.0 Å². The SMILES string of the molecule is CCCCCCCCCC/C=C/CCCCCCCCCCC(=O)n1nnc2ccccc21. The van der Waals surface area contributed by atoms with Gasteiger partial charge in [0.2, 0.25) is 5.91 Å². The van der Waals surface area contributed by atoms with Crippen molar-refractivity contribution >= 4 is 16.9 Å². The van der Waals surface area contributed by atoms with E-state index < -0.39 is 0 Å². The van der Waals surface area contributed by atoms with Crippen LogP contribution in [-0.2, 0) is 0 Å². The highest BCUT2D eigenvalue weighted by Crippen LogP contribution is 2.14. The highest BCUT2D eigenvalue weighted by molar-refractivity contribution is 5.88. The molecule has 0 bridgehead atoms. The zero-order chi connectivity index (χ0) is 23.4. The van der Waals surface area contributed by atoms with Gasteiger partial charge in [-0.05, 0) is 44.2 Å². The largest absolute Gasteiger partial charge is 0.273 e. The molecule has 0 radical (unpaired) electrons. The minimum Gasteiger partial charge on any atom is -0.273 e. The molecule has 1 aromatic carbocycles. The standard InChI is InChI=1S/C29H47N3O/c1-2-3-4-5-6-7-8-9-10-11-12-13-14-15-16-17-18-19-20-21-26-29(33)32-28-25-23-22-24-27(28)30-31-32/h11-12,22-25H,2-10,13-21,26H2,1H3/b12-11+. The first-order chi connectivity index (χ1) is 16.3. The van der Waals surface area contributed by atoms with Crippen molar-refractivity contribution in [2.45, 2.75) is 129 Å². The van der Waals surface area contributed by atoms with Crippen LogP contribution in [0.15, 0.2) is 36.4 Å². The molecule has 4 nitrogen and oxygen atoms in total. The molecule has 1 heterocycles. The fourth-order valence-electron chi connectivity index (χ4n) is 4.39. The van der Waals surface area contributed by atoms with E-state index in [0.717, 1.165) is 23.9 Å². The summed E-state index contributed by atoms with van der Waals surface area (Å²) >= 11 is 0. The lowest BCUT2D eigenvalue weighted by molar-refractivity contribution is 0.0886. The van der Waals surface area contributed by atoms with Gasteiger partial charge in [0, 0.05) is 6.42 Å². The fraction of sp³-hybridized carbons (Fsp3) is 0.690. The number of hydrogen-bond donors (Lipinski definition) is 0. The molecule has 33 heavy (non-hydrogen) atoms. The van der Waals surface area contributed by atoms with Gasteiger partial charge in [-0.3, -0.25) is 4.79 Å². The summed E-state index contributed by atoms with van der Waals surface area (Å²) in [6, 6.07) is 7.63. The van der Waals surface area contributed by atoms with Crippen molar-refractivity contribution in [2.24, 2.45) is 0 Å². The molecule has 0 unspecified atom stereocenters. The average molecular weight is 454 g/mol. The maximum Gasteiger partial charge on any atom is 0.248 e. The number of hydrogen-bond acceptors (Lipinski definition) is 3. The zero-order valence-corrected chi connectivity index (χ0v) is 21.1. The minimum absolute atomic E-state index is 0.0548. The Morgan fingerprint density at radius 2 is 1.24 bits per heavy atom. The molecule has 4 heteroatoms. The first-order valence-electron chi connectivity index (χ1n) is 13.8. The van der Waals surface area contributed by atoms with E-state index in [9.17, 15) is 4.79 Å². The molecule has 0 amide bonds. The van der Waals surface area contributed by atoms with Crippen LogP contribution in [0.2, 0.25) is 0 Å². The summed E-state index contributed by atoms with van der Waals surface area (Å²) in [5, 5.41) is 8.07. The molecule has 0 fully saturated rings. The molecule has 0 spiro atoms. The third kappa shape index (κ3) is 12.2. The Balaban J connectivity index is 1.33. The monoisotopic (exact) mass is 453 g/mol. The molecular weight excluding hydrogens is 406 g/mol. The lowest BCUT2D eigenvalue weighted by Gasteiger charge is -2.03. The molecule has 0 aliphatic heterocycles. The number of carbonyl (C=O) groups is 1. The summed E-state index contributed by atoms with van der Waals surface area (Å²) in [4.78, 5) is 12.4. The average Bonchev–Trinajstić information content (AvgIpc) is 3.27. The molecule has 1 aromatic heterocycles. The van der Waals surface area contributed by atoms with E-state index >= 15 is 0 Å². The van der Waals surface area contributed by atoms with Crippen LogP contribution in [-0.4, -0.2) is 20.9 Å². The Morgan fingerprint density at radius 1 is 0.727 bits per heavy atom. The minimum atomic E-state index is 0.0548. The number of allylic oxidation sites excluding steroid dienone is 2. The highest BCUT2D eigenvalue weighted by Gasteiger charge is 2.10. The van der Waals surface area contributed by atoms with Crippen LogP contribution >= 0.6 is 0 Å². The topological polar surface area (TPSA) is 47.8 Å². The number of carbonyl (C=O) groups excluding carboxylic acids is 1. The zero-order valence-electron chi connectivity index (χ0n) is 21.1. The van der Waals surface area contributed by atoms with Gasteiger partial charge in [-0.25, -0.2) is 0 Å². The Hall–Kier alpha value is -1.97. The summed E-state index contributed by atoms with van der Waals surface area (Å²) in [6.45, 7) is 2.28. The van der Waals surface area contributed by atoms with Crippen molar-refractivity contribution in [3.63, 3.8) is 0 Å². The number of unbranched alkanes of at least 4 members (excludes halogenated alkanes) is 16. The van der Waals surface area contributed by atoms with Crippen LogP contribution in [0.4, 0.5) is 0 Å². The summed E-state index contributed by atoms with van der Waals surface area (Å²) in [7, 11) is 0. The molecule has 0 aliphatic rings. The van der Waals surface area contributed by atoms with Crippen LogP contribution in [0.5, 0.6) is 0 Å². The van der Waals surface area contributed by atoms with Crippen LogP contribution in [0.25, 0.3) is 11.0 Å². The summed E-state index contributed by atoms with van der Waals surface area (Å²) in [5.74, 6) is 0.0548. The maximum absolute atomic E-state index is 12.4. The predicted octanol–water partition coefficient (Wildman–Crippen LogP) is 9.06. The molecular formula is C29H47N3O. The van der Waals surface area contributed by atoms with Gasteiger partial charge in [0.15, 0.2) is 0 Å². The van der Waals surface area contributed by atoms with Crippen molar-refractivity contribution in [3.8, 4) is 0 Å². The summed E-state index contributed by atoms with van der Waals surface area (Å²) < 4.78 is 1.46. The molecule has 0 atom stereocenters. The first kappa shape index (κ1) is 27.3. The molecule has 0 saturated carbocycles. The fourth-order valence-corrected chi connectivity index (χ4v) is 4.39. The molecule has 0 N–H and O–H groups in total. The Labute approximate surface area is 202 Å². The lowest BCUT2D eigenvalue weighted by Crippen LogP contribution is -2.12. The van der Waals surface area contributed by atoms with Crippen LogP contribution in [0, 0.1) is 0 Å². The summed E-state index contributed by atoms with van der Waals surface area (Å²) in [6.07, 6.45) is 29.0. The van der Waals surface area contributed by atoms with Gasteiger partial charge >= 0.3 is 0 Å². The molecule has 0 saturated heterocycles. The Morgan fingerprint density at radius 3 is 1.85 bits per heavy atom.